The van der Waals surface area contributed by atoms with Crippen LogP contribution in [0.3, 0.4) is 0 Å². The van der Waals surface area contributed by atoms with Crippen molar-refractivity contribution in [2.24, 2.45) is 5.73 Å². The Labute approximate surface area is 110 Å². The summed E-state index contributed by atoms with van der Waals surface area (Å²) in [5.74, 6) is -0.936. The molecule has 1 aromatic heterocycles. The summed E-state index contributed by atoms with van der Waals surface area (Å²) in [6.07, 6.45) is 0.485. The van der Waals surface area contributed by atoms with Gasteiger partial charge in [0.2, 0.25) is 0 Å². The Hall–Kier alpha value is -0.780. The van der Waals surface area contributed by atoms with Gasteiger partial charge in [-0.15, -0.1) is 11.3 Å². The smallest absolute Gasteiger partial charge is 0.128 e. The fraction of sp³-hybridized carbons (Fsp3) is 0.167. The van der Waals surface area contributed by atoms with Crippen molar-refractivity contribution in [2.45, 2.75) is 12.5 Å². The lowest BCUT2D eigenvalue weighted by molar-refractivity contribution is 0.562. The maximum atomic E-state index is 13.5. The number of benzene rings is 1. The van der Waals surface area contributed by atoms with E-state index >= 15 is 0 Å². The van der Waals surface area contributed by atoms with Gasteiger partial charge in [0.15, 0.2) is 0 Å². The predicted octanol–water partition coefficient (Wildman–Crippen LogP) is 4.03. The molecule has 5 heteroatoms. The van der Waals surface area contributed by atoms with Crippen LogP contribution in [0.5, 0.6) is 0 Å². The third kappa shape index (κ3) is 2.91. The molecule has 0 saturated carbocycles. The minimum absolute atomic E-state index is 0.213. The van der Waals surface area contributed by atoms with Crippen molar-refractivity contribution in [3.8, 4) is 0 Å². The Balaban J connectivity index is 2.23. The summed E-state index contributed by atoms with van der Waals surface area (Å²) in [5.41, 5.74) is 6.12. The molecule has 0 bridgehead atoms. The third-order valence-electron chi connectivity index (χ3n) is 2.45. The molecule has 1 unspecified atom stereocenters. The molecule has 0 aliphatic heterocycles. The molecule has 0 spiro atoms. The first-order valence-corrected chi connectivity index (χ1v) is 6.67. The molecule has 0 saturated heterocycles. The average molecular weight is 318 g/mol. The van der Waals surface area contributed by atoms with Gasteiger partial charge in [-0.05, 0) is 45.6 Å². The molecule has 1 heterocycles. The Morgan fingerprint density at radius 2 is 2.06 bits per heavy atom. The molecule has 90 valence electrons. The highest BCUT2D eigenvalue weighted by Gasteiger charge is 2.15. The lowest BCUT2D eigenvalue weighted by Crippen LogP contribution is -2.15. The molecule has 2 N–H and O–H groups in total. The van der Waals surface area contributed by atoms with E-state index in [0.717, 1.165) is 27.5 Å². The molecule has 17 heavy (non-hydrogen) atoms. The van der Waals surface area contributed by atoms with Crippen LogP contribution >= 0.6 is 27.3 Å². The van der Waals surface area contributed by atoms with E-state index in [-0.39, 0.29) is 5.56 Å². The highest BCUT2D eigenvalue weighted by molar-refractivity contribution is 9.10. The summed E-state index contributed by atoms with van der Waals surface area (Å²) in [5, 5.41) is 1.92. The topological polar surface area (TPSA) is 26.0 Å². The van der Waals surface area contributed by atoms with Gasteiger partial charge in [-0.25, -0.2) is 8.78 Å². The van der Waals surface area contributed by atoms with E-state index < -0.39 is 17.7 Å². The van der Waals surface area contributed by atoms with Crippen molar-refractivity contribution in [3.63, 3.8) is 0 Å². The SMILES string of the molecule is NC(Cc1sccc1Br)c1cc(F)ccc1F. The summed E-state index contributed by atoms with van der Waals surface area (Å²) in [6.45, 7) is 0. The minimum atomic E-state index is -0.541. The van der Waals surface area contributed by atoms with E-state index in [4.69, 9.17) is 5.73 Å². The molecule has 1 nitrogen and oxygen atoms in total. The molecule has 0 aliphatic carbocycles. The van der Waals surface area contributed by atoms with Gasteiger partial charge >= 0.3 is 0 Å². The maximum absolute atomic E-state index is 13.5. The summed E-state index contributed by atoms with van der Waals surface area (Å²) < 4.78 is 27.5. The molecular weight excluding hydrogens is 308 g/mol. The molecule has 0 fully saturated rings. The van der Waals surface area contributed by atoms with Crippen molar-refractivity contribution in [1.29, 1.82) is 0 Å². The first-order chi connectivity index (χ1) is 8.08. The van der Waals surface area contributed by atoms with Gasteiger partial charge in [0.25, 0.3) is 0 Å². The quantitative estimate of drug-likeness (QED) is 0.908. The first-order valence-electron chi connectivity index (χ1n) is 5.00. The largest absolute Gasteiger partial charge is 0.324 e. The fourth-order valence-corrected chi connectivity index (χ4v) is 3.15. The summed E-state index contributed by atoms with van der Waals surface area (Å²) in [6, 6.07) is 4.72. The number of rotatable bonds is 3. The Kier molecular flexibility index (Phi) is 3.91. The van der Waals surface area contributed by atoms with Crippen LogP contribution in [0.15, 0.2) is 34.1 Å². The molecule has 2 aromatic rings. The molecule has 2 rings (SSSR count). The number of thiophene rings is 1. The van der Waals surface area contributed by atoms with Crippen LogP contribution < -0.4 is 5.73 Å². The Morgan fingerprint density at radius 3 is 2.71 bits per heavy atom. The van der Waals surface area contributed by atoms with Crippen LogP contribution in [0.25, 0.3) is 0 Å². The van der Waals surface area contributed by atoms with Gasteiger partial charge < -0.3 is 5.73 Å². The lowest BCUT2D eigenvalue weighted by Gasteiger charge is -2.12. The first kappa shape index (κ1) is 12.7. The predicted molar refractivity (Wildman–Crippen MR) is 69.0 cm³/mol. The van der Waals surface area contributed by atoms with Gasteiger partial charge in [-0.3, -0.25) is 0 Å². The Bertz CT molecular complexity index is 527. The lowest BCUT2D eigenvalue weighted by atomic mass is 10.0. The zero-order valence-electron chi connectivity index (χ0n) is 8.79. The molecule has 0 aliphatic rings. The van der Waals surface area contributed by atoms with E-state index in [1.807, 2.05) is 11.4 Å². The molecule has 0 radical (unpaired) electrons. The zero-order valence-corrected chi connectivity index (χ0v) is 11.2. The monoisotopic (exact) mass is 317 g/mol. The second kappa shape index (κ2) is 5.25. The molecule has 1 aromatic carbocycles. The van der Waals surface area contributed by atoms with Gasteiger partial charge in [0.1, 0.15) is 11.6 Å². The van der Waals surface area contributed by atoms with Crippen molar-refractivity contribution in [3.05, 3.63) is 56.2 Å². The Morgan fingerprint density at radius 1 is 1.29 bits per heavy atom. The number of halogens is 3. The van der Waals surface area contributed by atoms with Crippen LogP contribution in [0, 0.1) is 11.6 Å². The zero-order chi connectivity index (χ0) is 12.4. The van der Waals surface area contributed by atoms with E-state index in [0.29, 0.717) is 6.42 Å². The highest BCUT2D eigenvalue weighted by Crippen LogP contribution is 2.28. The van der Waals surface area contributed by atoms with E-state index in [1.165, 1.54) is 11.3 Å². The van der Waals surface area contributed by atoms with Crippen molar-refractivity contribution in [1.82, 2.24) is 0 Å². The second-order valence-corrected chi connectivity index (χ2v) is 5.52. The summed E-state index contributed by atoms with van der Waals surface area (Å²) in [7, 11) is 0. The van der Waals surface area contributed by atoms with Crippen LogP contribution in [0.1, 0.15) is 16.5 Å². The van der Waals surface area contributed by atoms with E-state index in [9.17, 15) is 8.78 Å². The van der Waals surface area contributed by atoms with Gasteiger partial charge in [0.05, 0.1) is 0 Å². The molecule has 1 atom stereocenters. The van der Waals surface area contributed by atoms with Gasteiger partial charge in [0, 0.05) is 27.4 Å². The summed E-state index contributed by atoms with van der Waals surface area (Å²) in [4.78, 5) is 1.03. The number of hydrogen-bond acceptors (Lipinski definition) is 2. The standard InChI is InChI=1S/C12H10BrF2NS/c13-9-3-4-17-12(9)6-11(16)8-5-7(14)1-2-10(8)15/h1-5,11H,6,16H2. The van der Waals surface area contributed by atoms with E-state index in [1.54, 1.807) is 0 Å². The van der Waals surface area contributed by atoms with Crippen LogP contribution in [-0.4, -0.2) is 0 Å². The van der Waals surface area contributed by atoms with Gasteiger partial charge in [-0.2, -0.15) is 0 Å². The number of hydrogen-bond donors (Lipinski definition) is 1. The van der Waals surface area contributed by atoms with Crippen LogP contribution in [0.2, 0.25) is 0 Å². The van der Waals surface area contributed by atoms with Crippen molar-refractivity contribution < 1.29 is 8.78 Å². The maximum Gasteiger partial charge on any atom is 0.128 e. The normalized spacial score (nSPS) is 12.7. The van der Waals surface area contributed by atoms with E-state index in [2.05, 4.69) is 15.9 Å². The summed E-state index contributed by atoms with van der Waals surface area (Å²) >= 11 is 4.93. The number of nitrogens with two attached hydrogens (primary N) is 1. The van der Waals surface area contributed by atoms with Crippen molar-refractivity contribution >= 4 is 27.3 Å². The van der Waals surface area contributed by atoms with Crippen molar-refractivity contribution in [2.75, 3.05) is 0 Å². The van der Waals surface area contributed by atoms with Crippen LogP contribution in [-0.2, 0) is 6.42 Å². The fourth-order valence-electron chi connectivity index (χ4n) is 1.58. The van der Waals surface area contributed by atoms with Gasteiger partial charge in [-0.1, -0.05) is 0 Å². The molecular formula is C12H10BrF2NS. The molecule has 0 amide bonds. The second-order valence-electron chi connectivity index (χ2n) is 3.67. The minimum Gasteiger partial charge on any atom is -0.324 e. The average Bonchev–Trinajstić information content (AvgIpc) is 2.68. The van der Waals surface area contributed by atoms with Crippen LogP contribution in [0.4, 0.5) is 8.78 Å². The third-order valence-corrected chi connectivity index (χ3v) is 4.40. The highest BCUT2D eigenvalue weighted by atomic mass is 79.9.